The van der Waals surface area contributed by atoms with Crippen molar-refractivity contribution in [3.63, 3.8) is 0 Å². The first-order chi connectivity index (χ1) is 12.5. The number of aryl methyl sites for hydroxylation is 1. The van der Waals surface area contributed by atoms with Crippen LogP contribution in [0.2, 0.25) is 0 Å². The minimum Gasteiger partial charge on any atom is -0.348 e. The fourth-order valence-electron chi connectivity index (χ4n) is 2.82. The molecular formula is C21H27N3O2. The average molecular weight is 353 g/mol. The van der Waals surface area contributed by atoms with Crippen LogP contribution in [-0.2, 0) is 6.54 Å². The van der Waals surface area contributed by atoms with E-state index in [-0.39, 0.29) is 11.8 Å². The van der Waals surface area contributed by atoms with Gasteiger partial charge < -0.3 is 10.2 Å². The van der Waals surface area contributed by atoms with Crippen molar-refractivity contribution in [2.75, 3.05) is 13.1 Å². The summed E-state index contributed by atoms with van der Waals surface area (Å²) in [5.41, 5.74) is 3.04. The molecule has 1 heterocycles. The second-order valence-electron chi connectivity index (χ2n) is 6.43. The summed E-state index contributed by atoms with van der Waals surface area (Å²) in [7, 11) is 0. The van der Waals surface area contributed by atoms with E-state index in [4.69, 9.17) is 0 Å². The molecule has 138 valence electrons. The van der Waals surface area contributed by atoms with Crippen molar-refractivity contribution in [3.8, 4) is 0 Å². The molecule has 0 unspecified atom stereocenters. The topological polar surface area (TPSA) is 62.3 Å². The summed E-state index contributed by atoms with van der Waals surface area (Å²) >= 11 is 0. The van der Waals surface area contributed by atoms with Crippen molar-refractivity contribution >= 4 is 11.8 Å². The highest BCUT2D eigenvalue weighted by Gasteiger charge is 2.16. The van der Waals surface area contributed by atoms with E-state index >= 15 is 0 Å². The predicted molar refractivity (Wildman–Crippen MR) is 103 cm³/mol. The molecule has 0 aliphatic carbocycles. The van der Waals surface area contributed by atoms with Gasteiger partial charge in [0.2, 0.25) is 0 Å². The largest absolute Gasteiger partial charge is 0.348 e. The van der Waals surface area contributed by atoms with Gasteiger partial charge in [0, 0.05) is 32.0 Å². The maximum absolute atomic E-state index is 12.7. The molecule has 0 bridgehead atoms. The number of hydrogen-bond donors (Lipinski definition) is 1. The van der Waals surface area contributed by atoms with Crippen LogP contribution in [0.5, 0.6) is 0 Å². The zero-order chi connectivity index (χ0) is 18.9. The smallest absolute Gasteiger partial charge is 0.255 e. The SMILES string of the molecule is CCCN(CCC)C(=O)c1cncc(C(=O)NCc2cccc(C)c2)c1. The van der Waals surface area contributed by atoms with Gasteiger partial charge in [-0.1, -0.05) is 43.7 Å². The summed E-state index contributed by atoms with van der Waals surface area (Å²) in [6.07, 6.45) is 4.82. The number of aromatic nitrogens is 1. The van der Waals surface area contributed by atoms with Crippen molar-refractivity contribution in [2.24, 2.45) is 0 Å². The molecule has 0 saturated heterocycles. The molecule has 5 nitrogen and oxygen atoms in total. The third kappa shape index (κ3) is 5.41. The van der Waals surface area contributed by atoms with Crippen LogP contribution in [0.25, 0.3) is 0 Å². The number of nitrogens with one attached hydrogen (secondary N) is 1. The van der Waals surface area contributed by atoms with Crippen LogP contribution in [0.1, 0.15) is 58.5 Å². The van der Waals surface area contributed by atoms with E-state index in [2.05, 4.69) is 10.3 Å². The number of benzene rings is 1. The van der Waals surface area contributed by atoms with E-state index in [0.29, 0.717) is 30.8 Å². The van der Waals surface area contributed by atoms with Crippen molar-refractivity contribution in [1.82, 2.24) is 15.2 Å². The van der Waals surface area contributed by atoms with Gasteiger partial charge in [-0.15, -0.1) is 0 Å². The molecule has 1 aromatic carbocycles. The van der Waals surface area contributed by atoms with Gasteiger partial charge in [0.25, 0.3) is 11.8 Å². The molecule has 0 aliphatic heterocycles. The Labute approximate surface area is 155 Å². The first kappa shape index (κ1) is 19.6. The Morgan fingerprint density at radius 2 is 1.73 bits per heavy atom. The highest BCUT2D eigenvalue weighted by Crippen LogP contribution is 2.09. The van der Waals surface area contributed by atoms with Gasteiger partial charge in [0.05, 0.1) is 11.1 Å². The fourth-order valence-corrected chi connectivity index (χ4v) is 2.82. The molecule has 0 saturated carbocycles. The number of carbonyl (C=O) groups excluding carboxylic acids is 2. The van der Waals surface area contributed by atoms with Crippen LogP contribution in [0.3, 0.4) is 0 Å². The normalized spacial score (nSPS) is 10.4. The van der Waals surface area contributed by atoms with Crippen molar-refractivity contribution in [2.45, 2.75) is 40.2 Å². The van der Waals surface area contributed by atoms with Crippen LogP contribution in [0, 0.1) is 6.92 Å². The van der Waals surface area contributed by atoms with Crippen LogP contribution in [-0.4, -0.2) is 34.8 Å². The summed E-state index contributed by atoms with van der Waals surface area (Å²) < 4.78 is 0. The molecule has 0 fully saturated rings. The van der Waals surface area contributed by atoms with E-state index in [9.17, 15) is 9.59 Å². The maximum Gasteiger partial charge on any atom is 0.255 e. The lowest BCUT2D eigenvalue weighted by Crippen LogP contribution is -2.33. The minimum absolute atomic E-state index is 0.0745. The molecule has 26 heavy (non-hydrogen) atoms. The lowest BCUT2D eigenvalue weighted by molar-refractivity contribution is 0.0755. The number of amides is 2. The summed E-state index contributed by atoms with van der Waals surface area (Å²) in [4.78, 5) is 31.0. The van der Waals surface area contributed by atoms with E-state index in [0.717, 1.165) is 24.0 Å². The van der Waals surface area contributed by atoms with Gasteiger partial charge in [-0.3, -0.25) is 14.6 Å². The predicted octanol–water partition coefficient (Wildman–Crippen LogP) is 3.58. The Hall–Kier alpha value is -2.69. The summed E-state index contributed by atoms with van der Waals surface area (Å²) in [5, 5.41) is 2.88. The monoisotopic (exact) mass is 353 g/mol. The van der Waals surface area contributed by atoms with Gasteiger partial charge in [0.15, 0.2) is 0 Å². The molecule has 0 aliphatic rings. The number of rotatable bonds is 8. The second-order valence-corrected chi connectivity index (χ2v) is 6.43. The summed E-state index contributed by atoms with van der Waals surface area (Å²) in [6, 6.07) is 9.61. The zero-order valence-electron chi connectivity index (χ0n) is 15.8. The van der Waals surface area contributed by atoms with E-state index < -0.39 is 0 Å². The first-order valence-corrected chi connectivity index (χ1v) is 9.13. The first-order valence-electron chi connectivity index (χ1n) is 9.13. The number of hydrogen-bond acceptors (Lipinski definition) is 3. The lowest BCUT2D eigenvalue weighted by Gasteiger charge is -2.21. The Kier molecular flexibility index (Phi) is 7.33. The molecule has 0 radical (unpaired) electrons. The Morgan fingerprint density at radius 1 is 1.04 bits per heavy atom. The van der Waals surface area contributed by atoms with Gasteiger partial charge in [-0.2, -0.15) is 0 Å². The van der Waals surface area contributed by atoms with Crippen molar-refractivity contribution in [3.05, 3.63) is 65.0 Å². The van der Waals surface area contributed by atoms with Gasteiger partial charge >= 0.3 is 0 Å². The molecule has 0 atom stereocenters. The minimum atomic E-state index is -0.230. The van der Waals surface area contributed by atoms with Crippen molar-refractivity contribution < 1.29 is 9.59 Å². The maximum atomic E-state index is 12.7. The quantitative estimate of drug-likeness (QED) is 0.789. The van der Waals surface area contributed by atoms with E-state index in [1.165, 1.54) is 12.4 Å². The molecule has 2 aromatic rings. The summed E-state index contributed by atoms with van der Waals surface area (Å²) in [5.74, 6) is -0.305. The molecule has 0 spiro atoms. The van der Waals surface area contributed by atoms with Crippen molar-refractivity contribution in [1.29, 1.82) is 0 Å². The second kappa shape index (κ2) is 9.70. The van der Waals surface area contributed by atoms with Crippen LogP contribution in [0.15, 0.2) is 42.7 Å². The van der Waals surface area contributed by atoms with E-state index in [1.54, 1.807) is 6.07 Å². The molecule has 5 heteroatoms. The molecular weight excluding hydrogens is 326 g/mol. The Morgan fingerprint density at radius 3 is 2.38 bits per heavy atom. The highest BCUT2D eigenvalue weighted by molar-refractivity contribution is 5.99. The third-order valence-electron chi connectivity index (χ3n) is 4.06. The molecule has 1 N–H and O–H groups in total. The van der Waals surface area contributed by atoms with Crippen LogP contribution >= 0.6 is 0 Å². The standard InChI is InChI=1S/C21H27N3O2/c1-4-9-24(10-5-2)21(26)19-12-18(14-22-15-19)20(25)23-13-17-8-6-7-16(3)11-17/h6-8,11-12,14-15H,4-5,9-10,13H2,1-3H3,(H,23,25). The van der Waals surface area contributed by atoms with Crippen LogP contribution < -0.4 is 5.32 Å². The molecule has 1 aromatic heterocycles. The fraction of sp³-hybridized carbons (Fsp3) is 0.381. The zero-order valence-corrected chi connectivity index (χ0v) is 15.8. The summed E-state index contributed by atoms with van der Waals surface area (Å²) in [6.45, 7) is 7.96. The lowest BCUT2D eigenvalue weighted by atomic mass is 10.1. The number of carbonyl (C=O) groups is 2. The third-order valence-corrected chi connectivity index (χ3v) is 4.06. The Bertz CT molecular complexity index is 752. The Balaban J connectivity index is 2.07. The molecule has 2 amide bonds. The highest BCUT2D eigenvalue weighted by atomic mass is 16.2. The van der Waals surface area contributed by atoms with Gasteiger partial charge in [-0.05, 0) is 31.4 Å². The molecule has 2 rings (SSSR count). The van der Waals surface area contributed by atoms with Gasteiger partial charge in [0.1, 0.15) is 0 Å². The number of pyridine rings is 1. The van der Waals surface area contributed by atoms with Crippen LogP contribution in [0.4, 0.5) is 0 Å². The van der Waals surface area contributed by atoms with E-state index in [1.807, 2.05) is 49.9 Å². The number of nitrogens with zero attached hydrogens (tertiary/aromatic N) is 2. The van der Waals surface area contributed by atoms with Gasteiger partial charge in [-0.25, -0.2) is 0 Å². The average Bonchev–Trinajstić information content (AvgIpc) is 2.65.